The van der Waals surface area contributed by atoms with Crippen molar-refractivity contribution < 1.29 is 8.42 Å². The molecule has 6 heteroatoms. The molecule has 0 saturated carbocycles. The molecule has 1 unspecified atom stereocenters. The quantitative estimate of drug-likeness (QED) is 0.900. The van der Waals surface area contributed by atoms with E-state index in [2.05, 4.69) is 29.1 Å². The Morgan fingerprint density at radius 3 is 2.67 bits per heavy atom. The molecule has 18 heavy (non-hydrogen) atoms. The van der Waals surface area contributed by atoms with Gasteiger partial charge in [0.2, 0.25) is 5.95 Å². The molecule has 100 valence electrons. The zero-order valence-corrected chi connectivity index (χ0v) is 11.8. The minimum Gasteiger partial charge on any atom is -0.350 e. The summed E-state index contributed by atoms with van der Waals surface area (Å²) in [5.74, 6) is 1.31. The maximum atomic E-state index is 11.4. The Labute approximate surface area is 108 Å². The normalized spacial score (nSPS) is 22.3. The van der Waals surface area contributed by atoms with Crippen LogP contribution in [0.2, 0.25) is 0 Å². The van der Waals surface area contributed by atoms with Crippen LogP contribution in [0, 0.1) is 6.92 Å². The van der Waals surface area contributed by atoms with Gasteiger partial charge < -0.3 is 5.32 Å². The largest absolute Gasteiger partial charge is 0.350 e. The molecule has 0 aliphatic carbocycles. The molecule has 0 aromatic carbocycles. The van der Waals surface area contributed by atoms with Crippen molar-refractivity contribution in [2.45, 2.75) is 39.2 Å². The Balaban J connectivity index is 2.15. The van der Waals surface area contributed by atoms with Crippen LogP contribution < -0.4 is 5.32 Å². The van der Waals surface area contributed by atoms with E-state index >= 15 is 0 Å². The van der Waals surface area contributed by atoms with Gasteiger partial charge in [-0.15, -0.1) is 0 Å². The summed E-state index contributed by atoms with van der Waals surface area (Å²) in [6, 6.07) is 1.90. The number of nitrogens with one attached hydrogen (secondary N) is 1. The Hall–Kier alpha value is -1.17. The molecule has 1 aromatic heterocycles. The van der Waals surface area contributed by atoms with Gasteiger partial charge in [-0.2, -0.15) is 0 Å². The molecule has 1 fully saturated rings. The molecule has 1 aliphatic heterocycles. The summed E-state index contributed by atoms with van der Waals surface area (Å²) >= 11 is 0. The van der Waals surface area contributed by atoms with Gasteiger partial charge in [0.15, 0.2) is 9.84 Å². The van der Waals surface area contributed by atoms with Crippen molar-refractivity contribution in [3.05, 3.63) is 17.5 Å². The number of rotatable bonds is 3. The van der Waals surface area contributed by atoms with E-state index in [1.54, 1.807) is 0 Å². The highest BCUT2D eigenvalue weighted by molar-refractivity contribution is 7.91. The van der Waals surface area contributed by atoms with E-state index in [0.717, 1.165) is 11.4 Å². The van der Waals surface area contributed by atoms with Crippen LogP contribution >= 0.6 is 0 Å². The molecule has 1 N–H and O–H groups in total. The van der Waals surface area contributed by atoms with Crippen molar-refractivity contribution in [2.24, 2.45) is 0 Å². The second-order valence-electron chi connectivity index (χ2n) is 5.16. The van der Waals surface area contributed by atoms with Crippen LogP contribution in [0.1, 0.15) is 37.6 Å². The molecule has 1 aromatic rings. The van der Waals surface area contributed by atoms with Gasteiger partial charge in [-0.05, 0) is 25.3 Å². The Morgan fingerprint density at radius 1 is 1.39 bits per heavy atom. The van der Waals surface area contributed by atoms with Crippen molar-refractivity contribution in [3.8, 4) is 0 Å². The fraction of sp³-hybridized carbons (Fsp3) is 0.667. The summed E-state index contributed by atoms with van der Waals surface area (Å²) in [7, 11) is -2.87. The average molecular weight is 269 g/mol. The fourth-order valence-corrected chi connectivity index (χ4v) is 3.72. The molecular formula is C12H19N3O2S. The summed E-state index contributed by atoms with van der Waals surface area (Å²) in [4.78, 5) is 8.74. The number of aryl methyl sites for hydroxylation is 1. The van der Waals surface area contributed by atoms with Crippen LogP contribution in [0.25, 0.3) is 0 Å². The molecule has 0 radical (unpaired) electrons. The zero-order valence-electron chi connectivity index (χ0n) is 11.0. The predicted molar refractivity (Wildman–Crippen MR) is 71.5 cm³/mol. The topological polar surface area (TPSA) is 72.0 Å². The third-order valence-electron chi connectivity index (χ3n) is 3.03. The van der Waals surface area contributed by atoms with Gasteiger partial charge in [0, 0.05) is 17.4 Å². The SMILES string of the molecule is Cc1cc(C(C)C)nc(NC2CCS(=O)(=O)C2)n1. The van der Waals surface area contributed by atoms with Crippen molar-refractivity contribution in [1.29, 1.82) is 0 Å². The molecule has 2 heterocycles. The van der Waals surface area contributed by atoms with Gasteiger partial charge in [-0.1, -0.05) is 13.8 Å². The van der Waals surface area contributed by atoms with E-state index in [9.17, 15) is 8.42 Å². The Morgan fingerprint density at radius 2 is 2.11 bits per heavy atom. The van der Waals surface area contributed by atoms with E-state index in [1.807, 2.05) is 13.0 Å². The standard InChI is InChI=1S/C12H19N3O2S/c1-8(2)11-6-9(3)13-12(15-11)14-10-4-5-18(16,17)7-10/h6,8,10H,4-5,7H2,1-3H3,(H,13,14,15). The first kappa shape index (κ1) is 13.3. The van der Waals surface area contributed by atoms with E-state index in [-0.39, 0.29) is 17.5 Å². The minimum absolute atomic E-state index is 0.0585. The molecule has 1 saturated heterocycles. The summed E-state index contributed by atoms with van der Waals surface area (Å²) < 4.78 is 22.8. The van der Waals surface area contributed by atoms with E-state index in [0.29, 0.717) is 18.3 Å². The number of sulfone groups is 1. The van der Waals surface area contributed by atoms with Crippen LogP contribution in [0.4, 0.5) is 5.95 Å². The highest BCUT2D eigenvalue weighted by Gasteiger charge is 2.28. The third kappa shape index (κ3) is 3.19. The molecule has 0 bridgehead atoms. The van der Waals surface area contributed by atoms with Crippen LogP contribution in [0.5, 0.6) is 0 Å². The number of anilines is 1. The van der Waals surface area contributed by atoms with Crippen molar-refractivity contribution >= 4 is 15.8 Å². The van der Waals surface area contributed by atoms with Gasteiger partial charge in [0.05, 0.1) is 11.5 Å². The van der Waals surface area contributed by atoms with Crippen LogP contribution in [0.15, 0.2) is 6.07 Å². The van der Waals surface area contributed by atoms with Gasteiger partial charge >= 0.3 is 0 Å². The number of hydrogen-bond donors (Lipinski definition) is 1. The lowest BCUT2D eigenvalue weighted by Crippen LogP contribution is -2.22. The van der Waals surface area contributed by atoms with E-state index < -0.39 is 9.84 Å². The van der Waals surface area contributed by atoms with Crippen LogP contribution in [0.3, 0.4) is 0 Å². The van der Waals surface area contributed by atoms with Crippen LogP contribution in [-0.4, -0.2) is 35.9 Å². The molecule has 1 atom stereocenters. The lowest BCUT2D eigenvalue weighted by Gasteiger charge is -2.13. The second kappa shape index (κ2) is 4.84. The molecular weight excluding hydrogens is 250 g/mol. The highest BCUT2D eigenvalue weighted by Crippen LogP contribution is 2.18. The maximum Gasteiger partial charge on any atom is 0.223 e. The highest BCUT2D eigenvalue weighted by atomic mass is 32.2. The molecule has 1 aliphatic rings. The third-order valence-corrected chi connectivity index (χ3v) is 4.80. The minimum atomic E-state index is -2.87. The summed E-state index contributed by atoms with van der Waals surface area (Å²) in [6.07, 6.45) is 0.636. The van der Waals surface area contributed by atoms with Gasteiger partial charge in [0.1, 0.15) is 0 Å². The van der Waals surface area contributed by atoms with E-state index in [1.165, 1.54) is 0 Å². The molecule has 5 nitrogen and oxygen atoms in total. The van der Waals surface area contributed by atoms with Gasteiger partial charge in [0.25, 0.3) is 0 Å². The van der Waals surface area contributed by atoms with Crippen LogP contribution in [-0.2, 0) is 9.84 Å². The summed E-state index contributed by atoms with van der Waals surface area (Å²) in [6.45, 7) is 6.07. The maximum absolute atomic E-state index is 11.4. The summed E-state index contributed by atoms with van der Waals surface area (Å²) in [5.41, 5.74) is 1.88. The Kier molecular flexibility index (Phi) is 3.56. The van der Waals surface area contributed by atoms with Gasteiger partial charge in [-0.25, -0.2) is 18.4 Å². The lowest BCUT2D eigenvalue weighted by atomic mass is 10.1. The number of nitrogens with zero attached hydrogens (tertiary/aromatic N) is 2. The average Bonchev–Trinajstić information content (AvgIpc) is 2.57. The first-order valence-electron chi connectivity index (χ1n) is 6.18. The Bertz CT molecular complexity index is 540. The second-order valence-corrected chi connectivity index (χ2v) is 7.39. The molecule has 0 spiro atoms. The number of aromatic nitrogens is 2. The first-order valence-corrected chi connectivity index (χ1v) is 8.00. The number of hydrogen-bond acceptors (Lipinski definition) is 5. The zero-order chi connectivity index (χ0) is 13.3. The lowest BCUT2D eigenvalue weighted by molar-refractivity contribution is 0.602. The van der Waals surface area contributed by atoms with Crippen molar-refractivity contribution in [1.82, 2.24) is 9.97 Å². The van der Waals surface area contributed by atoms with Gasteiger partial charge in [-0.3, -0.25) is 0 Å². The predicted octanol–water partition coefficient (Wildman–Crippen LogP) is 1.51. The van der Waals surface area contributed by atoms with E-state index in [4.69, 9.17) is 0 Å². The molecule has 0 amide bonds. The first-order chi connectivity index (χ1) is 8.35. The fourth-order valence-electron chi connectivity index (χ4n) is 2.04. The smallest absolute Gasteiger partial charge is 0.223 e. The summed E-state index contributed by atoms with van der Waals surface area (Å²) in [5, 5.41) is 3.13. The monoisotopic (exact) mass is 269 g/mol. The van der Waals surface area contributed by atoms with Crippen molar-refractivity contribution in [3.63, 3.8) is 0 Å². The van der Waals surface area contributed by atoms with Crippen molar-refractivity contribution in [2.75, 3.05) is 16.8 Å². The molecule has 2 rings (SSSR count).